The number of likely N-dealkylation sites (tertiary alicyclic amines) is 1. The molecule has 0 aliphatic carbocycles. The standard InChI is InChI=1S/C17H28N2O7/c1-9(2)13(18-16(23)24-5)14(20)19-8-17(7-12(19)15(21)22)25-10(3)6-11(4)26-17/h9-13H,6-8H2,1-5H3,(H,18,23)(H,21,22)/t10-,11-,12+,13?/m1/s1. The molecule has 0 aromatic rings. The molecule has 0 aromatic carbocycles. The van der Waals surface area contributed by atoms with Crippen LogP contribution < -0.4 is 5.32 Å². The molecule has 4 atom stereocenters. The summed E-state index contributed by atoms with van der Waals surface area (Å²) in [6, 6.07) is -1.99. The lowest BCUT2D eigenvalue weighted by Gasteiger charge is -2.40. The number of hydrogen-bond donors (Lipinski definition) is 2. The number of carboxylic acids is 1. The quantitative estimate of drug-likeness (QED) is 0.755. The van der Waals surface area contributed by atoms with Crippen molar-refractivity contribution in [1.29, 1.82) is 0 Å². The predicted molar refractivity (Wildman–Crippen MR) is 90.4 cm³/mol. The number of nitrogens with one attached hydrogen (secondary N) is 1. The average molecular weight is 372 g/mol. The Labute approximate surface area is 152 Å². The minimum absolute atomic E-state index is 0.00352. The summed E-state index contributed by atoms with van der Waals surface area (Å²) in [6.07, 6.45) is -0.197. The fraction of sp³-hybridized carbons (Fsp3) is 0.824. The van der Waals surface area contributed by atoms with Crippen molar-refractivity contribution in [2.75, 3.05) is 13.7 Å². The lowest BCUT2D eigenvalue weighted by Crippen LogP contribution is -2.55. The van der Waals surface area contributed by atoms with E-state index >= 15 is 0 Å². The van der Waals surface area contributed by atoms with Gasteiger partial charge in [0.1, 0.15) is 12.1 Å². The van der Waals surface area contributed by atoms with Crippen molar-refractivity contribution >= 4 is 18.0 Å². The minimum atomic E-state index is -1.14. The summed E-state index contributed by atoms with van der Waals surface area (Å²) in [7, 11) is 1.20. The van der Waals surface area contributed by atoms with E-state index < -0.39 is 35.8 Å². The van der Waals surface area contributed by atoms with E-state index in [1.807, 2.05) is 13.8 Å². The van der Waals surface area contributed by atoms with E-state index in [4.69, 9.17) is 9.47 Å². The molecule has 2 aliphatic rings. The van der Waals surface area contributed by atoms with Crippen LogP contribution in [0.15, 0.2) is 0 Å². The van der Waals surface area contributed by atoms with E-state index in [0.717, 1.165) is 0 Å². The maximum Gasteiger partial charge on any atom is 0.407 e. The van der Waals surface area contributed by atoms with Gasteiger partial charge >= 0.3 is 12.1 Å². The first kappa shape index (κ1) is 20.4. The molecule has 9 nitrogen and oxygen atoms in total. The molecule has 0 radical (unpaired) electrons. The van der Waals surface area contributed by atoms with Crippen LogP contribution in [0, 0.1) is 5.92 Å². The molecule has 9 heteroatoms. The Hall–Kier alpha value is -1.87. The number of alkyl carbamates (subject to hydrolysis) is 1. The molecule has 1 spiro atoms. The van der Waals surface area contributed by atoms with Gasteiger partial charge < -0.3 is 29.5 Å². The lowest BCUT2D eigenvalue weighted by molar-refractivity contribution is -0.303. The molecule has 2 fully saturated rings. The summed E-state index contributed by atoms with van der Waals surface area (Å²) in [4.78, 5) is 37.6. The molecular weight excluding hydrogens is 344 g/mol. The second-order valence-electron chi connectivity index (χ2n) is 7.39. The maximum absolute atomic E-state index is 13.0. The van der Waals surface area contributed by atoms with Crippen molar-refractivity contribution in [3.63, 3.8) is 0 Å². The van der Waals surface area contributed by atoms with Gasteiger partial charge in [-0.05, 0) is 26.2 Å². The Balaban J connectivity index is 2.25. The molecule has 2 rings (SSSR count). The zero-order valence-corrected chi connectivity index (χ0v) is 15.9. The van der Waals surface area contributed by atoms with Crippen LogP contribution >= 0.6 is 0 Å². The molecule has 2 saturated heterocycles. The number of amides is 2. The van der Waals surface area contributed by atoms with Crippen LogP contribution in [0.4, 0.5) is 4.79 Å². The SMILES string of the molecule is COC(=O)NC(C(=O)N1CC2(C[C@H]1C(=O)O)O[C@H](C)C[C@@H](C)O2)C(C)C. The minimum Gasteiger partial charge on any atom is -0.480 e. The number of aliphatic carboxylic acids is 1. The fourth-order valence-electron chi connectivity index (χ4n) is 3.66. The molecule has 148 valence electrons. The van der Waals surface area contributed by atoms with Crippen LogP contribution in [0.2, 0.25) is 0 Å². The Morgan fingerprint density at radius 1 is 1.23 bits per heavy atom. The average Bonchev–Trinajstić information content (AvgIpc) is 2.89. The summed E-state index contributed by atoms with van der Waals surface area (Å²) < 4.78 is 16.4. The maximum atomic E-state index is 13.0. The summed E-state index contributed by atoms with van der Waals surface area (Å²) in [5, 5.41) is 12.1. The highest BCUT2D eigenvalue weighted by molar-refractivity contribution is 5.90. The number of carbonyl (C=O) groups excluding carboxylic acids is 2. The number of rotatable bonds is 4. The van der Waals surface area contributed by atoms with E-state index in [0.29, 0.717) is 6.42 Å². The van der Waals surface area contributed by atoms with Crippen LogP contribution in [-0.4, -0.2) is 71.7 Å². The number of carbonyl (C=O) groups is 3. The van der Waals surface area contributed by atoms with E-state index in [1.165, 1.54) is 12.0 Å². The number of carboxylic acid groups (broad SMARTS) is 1. The highest BCUT2D eigenvalue weighted by Crippen LogP contribution is 2.38. The molecule has 0 bridgehead atoms. The molecule has 2 amide bonds. The molecule has 1 unspecified atom stereocenters. The number of nitrogens with zero attached hydrogens (tertiary/aromatic N) is 1. The summed E-state index contributed by atoms with van der Waals surface area (Å²) in [6.45, 7) is 7.33. The normalized spacial score (nSPS) is 32.5. The van der Waals surface area contributed by atoms with E-state index in [1.54, 1.807) is 13.8 Å². The Morgan fingerprint density at radius 2 is 1.81 bits per heavy atom. The highest BCUT2D eigenvalue weighted by atomic mass is 16.7. The van der Waals surface area contributed by atoms with Crippen molar-refractivity contribution in [3.8, 4) is 0 Å². The molecule has 2 heterocycles. The lowest BCUT2D eigenvalue weighted by atomic mass is 10.0. The van der Waals surface area contributed by atoms with Gasteiger partial charge in [-0.25, -0.2) is 9.59 Å². The first-order valence-electron chi connectivity index (χ1n) is 8.82. The zero-order valence-electron chi connectivity index (χ0n) is 15.9. The van der Waals surface area contributed by atoms with Crippen LogP contribution in [0.5, 0.6) is 0 Å². The van der Waals surface area contributed by atoms with Crippen molar-refractivity contribution < 1.29 is 33.7 Å². The molecular formula is C17H28N2O7. The van der Waals surface area contributed by atoms with Gasteiger partial charge in [0, 0.05) is 6.42 Å². The molecule has 0 saturated carbocycles. The molecule has 26 heavy (non-hydrogen) atoms. The first-order valence-corrected chi connectivity index (χ1v) is 8.82. The van der Waals surface area contributed by atoms with Crippen molar-refractivity contribution in [2.45, 2.75) is 70.6 Å². The van der Waals surface area contributed by atoms with Gasteiger partial charge in [-0.15, -0.1) is 0 Å². The third-order valence-electron chi connectivity index (χ3n) is 4.75. The van der Waals surface area contributed by atoms with Gasteiger partial charge in [0.2, 0.25) is 5.91 Å². The van der Waals surface area contributed by atoms with Gasteiger partial charge in [-0.1, -0.05) is 13.8 Å². The van der Waals surface area contributed by atoms with Crippen molar-refractivity contribution in [1.82, 2.24) is 10.2 Å². The van der Waals surface area contributed by atoms with Gasteiger partial charge in [-0.3, -0.25) is 4.79 Å². The van der Waals surface area contributed by atoms with Gasteiger partial charge in [0.05, 0.1) is 25.9 Å². The Kier molecular flexibility index (Phi) is 6.13. The van der Waals surface area contributed by atoms with Crippen LogP contribution in [0.3, 0.4) is 0 Å². The number of ether oxygens (including phenoxy) is 3. The highest BCUT2D eigenvalue weighted by Gasteiger charge is 2.54. The zero-order chi connectivity index (χ0) is 19.6. The van der Waals surface area contributed by atoms with E-state index in [-0.39, 0.29) is 31.1 Å². The largest absolute Gasteiger partial charge is 0.480 e. The Morgan fingerprint density at radius 3 is 2.27 bits per heavy atom. The van der Waals surface area contributed by atoms with Gasteiger partial charge in [0.15, 0.2) is 5.79 Å². The second kappa shape index (κ2) is 7.79. The van der Waals surface area contributed by atoms with Crippen LogP contribution in [0.1, 0.15) is 40.5 Å². The fourth-order valence-corrected chi connectivity index (χ4v) is 3.66. The van der Waals surface area contributed by atoms with Gasteiger partial charge in [-0.2, -0.15) is 0 Å². The number of hydrogen-bond acceptors (Lipinski definition) is 6. The Bertz CT molecular complexity index is 555. The second-order valence-corrected chi connectivity index (χ2v) is 7.39. The molecule has 2 aliphatic heterocycles. The van der Waals surface area contributed by atoms with E-state index in [9.17, 15) is 19.5 Å². The summed E-state index contributed by atoms with van der Waals surface area (Å²) in [5.41, 5.74) is 0. The summed E-state index contributed by atoms with van der Waals surface area (Å²) in [5.74, 6) is -3.01. The van der Waals surface area contributed by atoms with Crippen molar-refractivity contribution in [2.24, 2.45) is 5.92 Å². The number of methoxy groups -OCH3 is 1. The third-order valence-corrected chi connectivity index (χ3v) is 4.75. The first-order chi connectivity index (χ1) is 12.1. The molecule has 2 N–H and O–H groups in total. The smallest absolute Gasteiger partial charge is 0.407 e. The monoisotopic (exact) mass is 372 g/mol. The van der Waals surface area contributed by atoms with Crippen LogP contribution in [-0.2, 0) is 23.8 Å². The molecule has 0 aromatic heterocycles. The third kappa shape index (κ3) is 4.27. The topological polar surface area (TPSA) is 114 Å². The van der Waals surface area contributed by atoms with Crippen molar-refractivity contribution in [3.05, 3.63) is 0 Å². The van der Waals surface area contributed by atoms with E-state index in [2.05, 4.69) is 10.1 Å². The summed E-state index contributed by atoms with van der Waals surface area (Å²) >= 11 is 0. The van der Waals surface area contributed by atoms with Gasteiger partial charge in [0.25, 0.3) is 0 Å². The predicted octanol–water partition coefficient (Wildman–Crippen LogP) is 0.963. The van der Waals surface area contributed by atoms with Crippen LogP contribution in [0.25, 0.3) is 0 Å².